The van der Waals surface area contributed by atoms with Gasteiger partial charge in [-0.2, -0.15) is 4.37 Å². The fourth-order valence-corrected chi connectivity index (χ4v) is 4.56. The molecule has 0 unspecified atom stereocenters. The van der Waals surface area contributed by atoms with E-state index in [1.54, 1.807) is 17.0 Å². The Bertz CT molecular complexity index is 1060. The van der Waals surface area contributed by atoms with E-state index in [0.29, 0.717) is 42.3 Å². The number of amides is 1. The summed E-state index contributed by atoms with van der Waals surface area (Å²) in [6.07, 6.45) is 1.33. The first-order chi connectivity index (χ1) is 13.5. The summed E-state index contributed by atoms with van der Waals surface area (Å²) >= 11 is 7.79. The zero-order chi connectivity index (χ0) is 19.8. The Morgan fingerprint density at radius 3 is 2.71 bits per heavy atom. The molecule has 1 N–H and O–H groups in total. The number of rotatable bonds is 3. The molecule has 2 aromatic carbocycles. The van der Waals surface area contributed by atoms with Crippen LogP contribution in [0.25, 0.3) is 22.0 Å². The van der Waals surface area contributed by atoms with Gasteiger partial charge in [0.1, 0.15) is 16.6 Å². The maximum absolute atomic E-state index is 14.3. The molecule has 3 aromatic rings. The average molecular weight is 418 g/mol. The van der Waals surface area contributed by atoms with Gasteiger partial charge in [0.25, 0.3) is 0 Å². The zero-order valence-electron chi connectivity index (χ0n) is 14.9. The second kappa shape index (κ2) is 7.41. The number of aromatic nitrogens is 1. The molecule has 1 aliphatic rings. The summed E-state index contributed by atoms with van der Waals surface area (Å²) in [6, 6.07) is 7.62. The number of phenols is 1. The van der Waals surface area contributed by atoms with Gasteiger partial charge < -0.3 is 14.9 Å². The summed E-state index contributed by atoms with van der Waals surface area (Å²) < 4.78 is 18.8. The molecule has 28 heavy (non-hydrogen) atoms. The lowest BCUT2D eigenvalue weighted by Gasteiger charge is -2.34. The van der Waals surface area contributed by atoms with Crippen molar-refractivity contribution in [3.05, 3.63) is 53.8 Å². The van der Waals surface area contributed by atoms with Gasteiger partial charge in [-0.25, -0.2) is 4.39 Å². The fourth-order valence-electron chi connectivity index (χ4n) is 3.41. The standard InChI is InChI=1S/C20H17ClFN3O2S/c1-2-18(27)24-6-8-25(9-7-24)20-13-10-14(21)12(11-16(13)23-28-20)19-15(22)4-3-5-17(19)26/h2-5,10-11,26H,1,6-9H2. The number of halogens is 2. The third kappa shape index (κ3) is 3.21. The summed E-state index contributed by atoms with van der Waals surface area (Å²) in [7, 11) is 0. The van der Waals surface area contributed by atoms with Crippen LogP contribution in [-0.4, -0.2) is 46.5 Å². The highest BCUT2D eigenvalue weighted by molar-refractivity contribution is 7.11. The van der Waals surface area contributed by atoms with E-state index in [-0.39, 0.29) is 17.2 Å². The van der Waals surface area contributed by atoms with Crippen LogP contribution in [0.5, 0.6) is 5.75 Å². The van der Waals surface area contributed by atoms with Crippen LogP contribution in [0.2, 0.25) is 5.02 Å². The molecule has 1 aliphatic heterocycles. The highest BCUT2D eigenvalue weighted by Crippen LogP contribution is 2.41. The molecule has 0 bridgehead atoms. The van der Waals surface area contributed by atoms with Crippen molar-refractivity contribution in [2.75, 3.05) is 31.1 Å². The summed E-state index contributed by atoms with van der Waals surface area (Å²) in [5, 5.41) is 12.3. The van der Waals surface area contributed by atoms with Crippen LogP contribution in [0.3, 0.4) is 0 Å². The topological polar surface area (TPSA) is 56.7 Å². The summed E-state index contributed by atoms with van der Waals surface area (Å²) in [5.74, 6) is -0.773. The van der Waals surface area contributed by atoms with Crippen LogP contribution in [0.1, 0.15) is 0 Å². The van der Waals surface area contributed by atoms with Gasteiger partial charge in [0.15, 0.2) is 0 Å². The number of hydrogen-bond acceptors (Lipinski definition) is 5. The van der Waals surface area contributed by atoms with Crippen LogP contribution in [0, 0.1) is 5.82 Å². The highest BCUT2D eigenvalue weighted by atomic mass is 35.5. The number of nitrogens with zero attached hydrogens (tertiary/aromatic N) is 3. The normalized spacial score (nSPS) is 14.5. The van der Waals surface area contributed by atoms with Crippen molar-refractivity contribution in [1.29, 1.82) is 0 Å². The second-order valence-electron chi connectivity index (χ2n) is 6.49. The Morgan fingerprint density at radius 2 is 2.04 bits per heavy atom. The van der Waals surface area contributed by atoms with E-state index < -0.39 is 5.82 Å². The van der Waals surface area contributed by atoms with Crippen molar-refractivity contribution in [2.24, 2.45) is 0 Å². The number of piperazine rings is 1. The first-order valence-corrected chi connectivity index (χ1v) is 9.88. The molecule has 1 saturated heterocycles. The van der Waals surface area contributed by atoms with Crippen LogP contribution in [-0.2, 0) is 4.79 Å². The molecular formula is C20H17ClFN3O2S. The molecule has 8 heteroatoms. The van der Waals surface area contributed by atoms with Crippen molar-refractivity contribution in [3.63, 3.8) is 0 Å². The molecule has 0 saturated carbocycles. The second-order valence-corrected chi connectivity index (χ2v) is 7.65. The van der Waals surface area contributed by atoms with E-state index >= 15 is 0 Å². The Kier molecular flexibility index (Phi) is 4.95. The Balaban J connectivity index is 1.68. The summed E-state index contributed by atoms with van der Waals surface area (Å²) in [5.41, 5.74) is 1.16. The number of aromatic hydroxyl groups is 1. The predicted molar refractivity (Wildman–Crippen MR) is 111 cm³/mol. The van der Waals surface area contributed by atoms with E-state index in [0.717, 1.165) is 10.4 Å². The van der Waals surface area contributed by atoms with E-state index in [1.165, 1.54) is 35.8 Å². The molecule has 1 aromatic heterocycles. The van der Waals surface area contributed by atoms with Gasteiger partial charge in [-0.15, -0.1) is 0 Å². The zero-order valence-corrected chi connectivity index (χ0v) is 16.4. The van der Waals surface area contributed by atoms with Crippen LogP contribution >= 0.6 is 23.1 Å². The number of carbonyl (C=O) groups is 1. The number of carbonyl (C=O) groups excluding carboxylic acids is 1. The maximum Gasteiger partial charge on any atom is 0.246 e. The SMILES string of the molecule is C=CC(=O)N1CCN(c2snc3cc(-c4c(O)cccc4F)c(Cl)cc23)CC1. The number of benzene rings is 2. The molecule has 1 fully saturated rings. The Labute approximate surface area is 170 Å². The molecule has 1 amide bonds. The average Bonchev–Trinajstić information content (AvgIpc) is 3.10. The van der Waals surface area contributed by atoms with Crippen LogP contribution in [0.15, 0.2) is 43.0 Å². The minimum absolute atomic E-state index is 0.0637. The molecule has 2 heterocycles. The van der Waals surface area contributed by atoms with Crippen molar-refractivity contribution in [3.8, 4) is 16.9 Å². The van der Waals surface area contributed by atoms with Gasteiger partial charge in [0.2, 0.25) is 5.91 Å². The summed E-state index contributed by atoms with van der Waals surface area (Å²) in [4.78, 5) is 15.7. The molecule has 0 spiro atoms. The largest absolute Gasteiger partial charge is 0.507 e. The minimum Gasteiger partial charge on any atom is -0.507 e. The lowest BCUT2D eigenvalue weighted by atomic mass is 10.0. The molecular weight excluding hydrogens is 401 g/mol. The van der Waals surface area contributed by atoms with E-state index in [9.17, 15) is 14.3 Å². The third-order valence-electron chi connectivity index (χ3n) is 4.86. The van der Waals surface area contributed by atoms with E-state index in [2.05, 4.69) is 15.9 Å². The molecule has 0 radical (unpaired) electrons. The smallest absolute Gasteiger partial charge is 0.246 e. The first-order valence-electron chi connectivity index (χ1n) is 8.72. The molecule has 5 nitrogen and oxygen atoms in total. The number of hydrogen-bond donors (Lipinski definition) is 1. The Morgan fingerprint density at radius 1 is 1.29 bits per heavy atom. The van der Waals surface area contributed by atoms with E-state index in [1.807, 2.05) is 0 Å². The molecule has 0 aliphatic carbocycles. The molecule has 4 rings (SSSR count). The highest BCUT2D eigenvalue weighted by Gasteiger charge is 2.23. The van der Waals surface area contributed by atoms with Gasteiger partial charge in [0, 0.05) is 42.2 Å². The van der Waals surface area contributed by atoms with Crippen molar-refractivity contribution in [2.45, 2.75) is 0 Å². The monoisotopic (exact) mass is 417 g/mol. The van der Waals surface area contributed by atoms with Crippen molar-refractivity contribution < 1.29 is 14.3 Å². The fraction of sp³-hybridized carbons (Fsp3) is 0.200. The van der Waals surface area contributed by atoms with Gasteiger partial charge in [-0.3, -0.25) is 4.79 Å². The quantitative estimate of drug-likeness (QED) is 0.646. The van der Waals surface area contributed by atoms with Gasteiger partial charge in [-0.05, 0) is 41.9 Å². The van der Waals surface area contributed by atoms with Gasteiger partial charge in [0.05, 0.1) is 11.1 Å². The maximum atomic E-state index is 14.3. The number of fused-ring (bicyclic) bond motifs is 1. The predicted octanol–water partition coefficient (Wildman–Crippen LogP) is 4.30. The van der Waals surface area contributed by atoms with Crippen molar-refractivity contribution in [1.82, 2.24) is 9.27 Å². The lowest BCUT2D eigenvalue weighted by molar-refractivity contribution is -0.126. The number of anilines is 1. The molecule has 144 valence electrons. The van der Waals surface area contributed by atoms with Crippen LogP contribution in [0.4, 0.5) is 9.39 Å². The summed E-state index contributed by atoms with van der Waals surface area (Å²) in [6.45, 7) is 6.12. The lowest BCUT2D eigenvalue weighted by Crippen LogP contribution is -2.48. The number of phenolic OH excluding ortho intramolecular Hbond substituents is 1. The minimum atomic E-state index is -0.542. The first kappa shape index (κ1) is 18.7. The Hall–Kier alpha value is -2.64. The van der Waals surface area contributed by atoms with Gasteiger partial charge in [-0.1, -0.05) is 24.2 Å². The molecule has 0 atom stereocenters. The third-order valence-corrected chi connectivity index (χ3v) is 6.11. The van der Waals surface area contributed by atoms with Crippen LogP contribution < -0.4 is 4.90 Å². The van der Waals surface area contributed by atoms with Gasteiger partial charge >= 0.3 is 0 Å². The van der Waals surface area contributed by atoms with E-state index in [4.69, 9.17) is 11.6 Å². The van der Waals surface area contributed by atoms with Crippen molar-refractivity contribution >= 4 is 44.9 Å².